The Balaban J connectivity index is 1.80. The van der Waals surface area contributed by atoms with E-state index >= 15 is 0 Å². The normalized spacial score (nSPS) is 10.9. The summed E-state index contributed by atoms with van der Waals surface area (Å²) in [5.41, 5.74) is 0.996. The van der Waals surface area contributed by atoms with Crippen LogP contribution in [0, 0.1) is 0 Å². The third-order valence-corrected chi connectivity index (χ3v) is 4.59. The van der Waals surface area contributed by atoms with Crippen LogP contribution in [0.5, 0.6) is 5.75 Å². The number of hydrogen-bond acceptors (Lipinski definition) is 7. The molecule has 0 radical (unpaired) electrons. The van der Waals surface area contributed by atoms with Crippen LogP contribution in [0.4, 0.5) is 13.9 Å². The summed E-state index contributed by atoms with van der Waals surface area (Å²) in [4.78, 5) is 0. The Kier molecular flexibility index (Phi) is 6.81. The van der Waals surface area contributed by atoms with Gasteiger partial charge in [-0.2, -0.15) is 8.78 Å². The van der Waals surface area contributed by atoms with E-state index in [2.05, 4.69) is 20.3 Å². The maximum atomic E-state index is 12.1. The molecule has 1 aromatic heterocycles. The number of aromatic nitrogens is 2. The maximum absolute atomic E-state index is 12.1. The van der Waals surface area contributed by atoms with E-state index in [1.165, 1.54) is 35.2 Å². The molecule has 0 aliphatic carbocycles. The second kappa shape index (κ2) is 8.86. The van der Waals surface area contributed by atoms with Crippen molar-refractivity contribution in [3.8, 4) is 5.75 Å². The van der Waals surface area contributed by atoms with E-state index in [1.54, 1.807) is 19.2 Å². The number of nitrogens with one attached hydrogen (secondary N) is 1. The van der Waals surface area contributed by atoms with Crippen molar-refractivity contribution in [2.45, 2.75) is 16.7 Å². The van der Waals surface area contributed by atoms with Crippen molar-refractivity contribution in [2.75, 3.05) is 25.6 Å². The van der Waals surface area contributed by atoms with Gasteiger partial charge in [0.2, 0.25) is 5.13 Å². The average Bonchev–Trinajstić information content (AvgIpc) is 2.94. The first-order valence-corrected chi connectivity index (χ1v) is 8.20. The van der Waals surface area contributed by atoms with E-state index in [9.17, 15) is 8.78 Å². The highest BCUT2D eigenvalue weighted by atomic mass is 32.2. The number of ether oxygens (including phenoxy) is 2. The Morgan fingerprint density at radius 3 is 2.73 bits per heavy atom. The molecule has 0 unspecified atom stereocenters. The smallest absolute Gasteiger partial charge is 0.387 e. The van der Waals surface area contributed by atoms with Gasteiger partial charge in [-0.3, -0.25) is 0 Å². The minimum atomic E-state index is -2.80. The summed E-state index contributed by atoms with van der Waals surface area (Å²) >= 11 is 3.00. The van der Waals surface area contributed by atoms with Crippen LogP contribution in [-0.4, -0.2) is 37.1 Å². The number of alkyl halides is 2. The van der Waals surface area contributed by atoms with Gasteiger partial charge in [0.05, 0.1) is 6.61 Å². The van der Waals surface area contributed by atoms with E-state index < -0.39 is 6.61 Å². The van der Waals surface area contributed by atoms with Crippen molar-refractivity contribution < 1.29 is 18.3 Å². The van der Waals surface area contributed by atoms with Crippen LogP contribution in [0.2, 0.25) is 0 Å². The van der Waals surface area contributed by atoms with Gasteiger partial charge in [-0.25, -0.2) is 0 Å². The molecule has 1 heterocycles. The average molecular weight is 347 g/mol. The lowest BCUT2D eigenvalue weighted by Crippen LogP contribution is -2.06. The molecule has 9 heteroatoms. The third kappa shape index (κ3) is 5.74. The molecule has 1 aromatic carbocycles. The van der Waals surface area contributed by atoms with E-state index in [0.717, 1.165) is 15.0 Å². The summed E-state index contributed by atoms with van der Waals surface area (Å²) in [6, 6.07) is 6.56. The number of hydrogen-bond donors (Lipinski definition) is 1. The molecule has 0 aliphatic heterocycles. The minimum Gasteiger partial charge on any atom is -0.435 e. The second-order valence-electron chi connectivity index (χ2n) is 4.10. The third-order valence-electron chi connectivity index (χ3n) is 2.50. The van der Waals surface area contributed by atoms with Gasteiger partial charge < -0.3 is 14.8 Å². The number of rotatable bonds is 9. The molecule has 0 amide bonds. The van der Waals surface area contributed by atoms with Gasteiger partial charge in [-0.05, 0) is 17.7 Å². The van der Waals surface area contributed by atoms with Gasteiger partial charge in [-0.15, -0.1) is 10.2 Å². The highest BCUT2D eigenvalue weighted by Gasteiger charge is 2.06. The van der Waals surface area contributed by atoms with Crippen molar-refractivity contribution in [1.82, 2.24) is 10.2 Å². The number of thioether (sulfide) groups is 1. The summed E-state index contributed by atoms with van der Waals surface area (Å²) in [7, 11) is 1.64. The van der Waals surface area contributed by atoms with Crippen molar-refractivity contribution in [3.63, 3.8) is 0 Å². The summed E-state index contributed by atoms with van der Waals surface area (Å²) in [6.45, 7) is -1.51. The zero-order chi connectivity index (χ0) is 15.8. The molecule has 0 aliphatic rings. The van der Waals surface area contributed by atoms with Crippen LogP contribution in [0.1, 0.15) is 5.56 Å². The van der Waals surface area contributed by atoms with E-state index in [4.69, 9.17) is 4.74 Å². The van der Waals surface area contributed by atoms with Crippen LogP contribution in [0.25, 0.3) is 0 Å². The highest BCUT2D eigenvalue weighted by Crippen LogP contribution is 2.28. The maximum Gasteiger partial charge on any atom is 0.387 e. The number of halogens is 2. The van der Waals surface area contributed by atoms with E-state index in [0.29, 0.717) is 18.9 Å². The van der Waals surface area contributed by atoms with Crippen molar-refractivity contribution in [2.24, 2.45) is 0 Å². The molecule has 0 bridgehead atoms. The van der Waals surface area contributed by atoms with Crippen LogP contribution in [0.3, 0.4) is 0 Å². The molecular formula is C13H15F2N3O2S2. The van der Waals surface area contributed by atoms with Crippen LogP contribution in [-0.2, 0) is 10.5 Å². The molecule has 1 N–H and O–H groups in total. The summed E-state index contributed by atoms with van der Waals surface area (Å²) in [6.07, 6.45) is 0. The Morgan fingerprint density at radius 2 is 2.05 bits per heavy atom. The highest BCUT2D eigenvalue weighted by molar-refractivity contribution is 8.00. The second-order valence-corrected chi connectivity index (χ2v) is 6.30. The first-order chi connectivity index (χ1) is 10.7. The molecule has 0 spiro atoms. The molecule has 0 saturated carbocycles. The summed E-state index contributed by atoms with van der Waals surface area (Å²) in [5.74, 6) is 0.839. The van der Waals surface area contributed by atoms with Gasteiger partial charge in [0.25, 0.3) is 0 Å². The fourth-order valence-electron chi connectivity index (χ4n) is 1.51. The fraction of sp³-hybridized carbons (Fsp3) is 0.385. The molecule has 22 heavy (non-hydrogen) atoms. The predicted molar refractivity (Wildman–Crippen MR) is 82.9 cm³/mol. The van der Waals surface area contributed by atoms with Gasteiger partial charge in [0.15, 0.2) is 4.34 Å². The SMILES string of the molecule is COCCNc1nnc(SCc2ccc(OC(F)F)cc2)s1. The van der Waals surface area contributed by atoms with E-state index in [-0.39, 0.29) is 5.75 Å². The molecule has 2 rings (SSSR count). The number of benzene rings is 1. The zero-order valence-electron chi connectivity index (χ0n) is 11.8. The number of methoxy groups -OCH3 is 1. The van der Waals surface area contributed by atoms with Crippen LogP contribution < -0.4 is 10.1 Å². The summed E-state index contributed by atoms with van der Waals surface area (Å²) in [5, 5.41) is 12.0. The monoisotopic (exact) mass is 347 g/mol. The topological polar surface area (TPSA) is 56.3 Å². The Hall–Kier alpha value is -1.45. The minimum absolute atomic E-state index is 0.157. The molecular weight excluding hydrogens is 332 g/mol. The zero-order valence-corrected chi connectivity index (χ0v) is 13.4. The lowest BCUT2D eigenvalue weighted by Gasteiger charge is -2.05. The van der Waals surface area contributed by atoms with Crippen molar-refractivity contribution >= 4 is 28.2 Å². The molecule has 0 saturated heterocycles. The van der Waals surface area contributed by atoms with Crippen molar-refractivity contribution in [3.05, 3.63) is 29.8 Å². The molecule has 0 atom stereocenters. The standard InChI is InChI=1S/C13H15F2N3O2S2/c1-19-7-6-16-12-17-18-13(22-12)21-8-9-2-4-10(5-3-9)20-11(14)15/h2-5,11H,6-8H2,1H3,(H,16,17). The first kappa shape index (κ1) is 16.9. The van der Waals surface area contributed by atoms with E-state index in [1.807, 2.05) is 0 Å². The Labute approximate surface area is 135 Å². The lowest BCUT2D eigenvalue weighted by molar-refractivity contribution is -0.0498. The molecule has 5 nitrogen and oxygen atoms in total. The van der Waals surface area contributed by atoms with Gasteiger partial charge in [0, 0.05) is 19.4 Å². The predicted octanol–water partition coefficient (Wildman–Crippen LogP) is 3.49. The lowest BCUT2D eigenvalue weighted by atomic mass is 10.2. The molecule has 2 aromatic rings. The van der Waals surface area contributed by atoms with Crippen LogP contribution in [0.15, 0.2) is 28.6 Å². The van der Waals surface area contributed by atoms with Gasteiger partial charge in [-0.1, -0.05) is 35.2 Å². The van der Waals surface area contributed by atoms with Gasteiger partial charge in [0.1, 0.15) is 5.75 Å². The fourth-order valence-corrected chi connectivity index (χ4v) is 3.25. The van der Waals surface area contributed by atoms with Crippen molar-refractivity contribution in [1.29, 1.82) is 0 Å². The Bertz CT molecular complexity index is 567. The summed E-state index contributed by atoms with van der Waals surface area (Å²) < 4.78 is 34.2. The number of anilines is 1. The largest absolute Gasteiger partial charge is 0.435 e. The molecule has 0 fully saturated rings. The first-order valence-electron chi connectivity index (χ1n) is 6.40. The molecule has 120 valence electrons. The number of nitrogens with zero attached hydrogens (tertiary/aromatic N) is 2. The van der Waals surface area contributed by atoms with Crippen LogP contribution >= 0.6 is 23.1 Å². The quantitative estimate of drug-likeness (QED) is 0.553. The van der Waals surface area contributed by atoms with Gasteiger partial charge >= 0.3 is 6.61 Å². The Morgan fingerprint density at radius 1 is 1.27 bits per heavy atom.